The maximum absolute atomic E-state index is 11.9. The fraction of sp³-hybridized carbons (Fsp3) is 0.400. The molecule has 112 valence electrons. The second-order valence-electron chi connectivity index (χ2n) is 4.79. The number of benzene rings is 1. The first-order valence-corrected chi connectivity index (χ1v) is 6.96. The molecule has 21 heavy (non-hydrogen) atoms. The highest BCUT2D eigenvalue weighted by molar-refractivity contribution is 5.85. The summed E-state index contributed by atoms with van der Waals surface area (Å²) in [7, 11) is 0. The minimum absolute atomic E-state index is 0.132. The number of nitro groups is 1. The molecule has 2 aromatic rings. The number of aromatic amines is 1. The van der Waals surface area contributed by atoms with E-state index in [9.17, 15) is 14.9 Å². The lowest BCUT2D eigenvalue weighted by molar-refractivity contribution is -0.514. The summed E-state index contributed by atoms with van der Waals surface area (Å²) in [5.74, 6) is -1.30. The van der Waals surface area contributed by atoms with E-state index in [-0.39, 0.29) is 6.61 Å². The van der Waals surface area contributed by atoms with Crippen LogP contribution in [-0.4, -0.2) is 28.5 Å². The molecule has 6 nitrogen and oxygen atoms in total. The number of aromatic nitrogens is 1. The highest BCUT2D eigenvalue weighted by Gasteiger charge is 2.40. The Labute approximate surface area is 122 Å². The molecule has 0 aliphatic carbocycles. The Morgan fingerprint density at radius 1 is 1.38 bits per heavy atom. The Hall–Kier alpha value is -2.37. The number of hydrogen-bond acceptors (Lipinski definition) is 4. The van der Waals surface area contributed by atoms with Crippen LogP contribution in [0.25, 0.3) is 10.9 Å². The number of carbonyl (C=O) groups is 1. The Bertz CT molecular complexity index is 650. The van der Waals surface area contributed by atoms with Gasteiger partial charge in [0.15, 0.2) is 0 Å². The van der Waals surface area contributed by atoms with Gasteiger partial charge in [-0.15, -0.1) is 0 Å². The van der Waals surface area contributed by atoms with Gasteiger partial charge in [-0.1, -0.05) is 25.1 Å². The van der Waals surface area contributed by atoms with Gasteiger partial charge in [0.1, 0.15) is 0 Å². The lowest BCUT2D eigenvalue weighted by Crippen LogP contribution is -2.37. The molecule has 6 heteroatoms. The van der Waals surface area contributed by atoms with Crippen molar-refractivity contribution < 1.29 is 14.5 Å². The van der Waals surface area contributed by atoms with Crippen molar-refractivity contribution in [3.8, 4) is 0 Å². The van der Waals surface area contributed by atoms with Crippen LogP contribution in [-0.2, 0) is 9.53 Å². The first-order chi connectivity index (χ1) is 10.1. The molecular formula is C15H18N2O4. The van der Waals surface area contributed by atoms with Gasteiger partial charge in [0.05, 0.1) is 12.5 Å². The fourth-order valence-electron chi connectivity index (χ4n) is 2.64. The van der Waals surface area contributed by atoms with E-state index in [0.29, 0.717) is 6.42 Å². The molecule has 0 fully saturated rings. The number of carbonyl (C=O) groups excluding carboxylic acids is 1. The van der Waals surface area contributed by atoms with Gasteiger partial charge in [-0.3, -0.25) is 10.1 Å². The third kappa shape index (κ3) is 2.89. The van der Waals surface area contributed by atoms with E-state index in [4.69, 9.17) is 4.74 Å². The second-order valence-corrected chi connectivity index (χ2v) is 4.79. The maximum atomic E-state index is 11.9. The quantitative estimate of drug-likeness (QED) is 0.503. The Balaban J connectivity index is 2.45. The summed E-state index contributed by atoms with van der Waals surface area (Å²) in [6.45, 7) is 3.61. The van der Waals surface area contributed by atoms with Crippen molar-refractivity contribution in [2.75, 3.05) is 6.61 Å². The molecular weight excluding hydrogens is 272 g/mol. The summed E-state index contributed by atoms with van der Waals surface area (Å²) in [5.41, 5.74) is 1.68. The third-order valence-electron chi connectivity index (χ3n) is 3.60. The number of esters is 1. The zero-order valence-electron chi connectivity index (χ0n) is 12.0. The molecule has 0 spiro atoms. The number of para-hydroxylation sites is 1. The van der Waals surface area contributed by atoms with Crippen LogP contribution in [0, 0.1) is 10.1 Å². The molecule has 2 rings (SSSR count). The number of hydrogen-bond donors (Lipinski definition) is 1. The van der Waals surface area contributed by atoms with Gasteiger partial charge in [-0.05, 0) is 25.0 Å². The topological polar surface area (TPSA) is 85.2 Å². The molecule has 0 amide bonds. The van der Waals surface area contributed by atoms with Gasteiger partial charge in [-0.2, -0.15) is 0 Å². The number of rotatable bonds is 6. The maximum Gasteiger partial charge on any atom is 0.382 e. The molecule has 1 aromatic carbocycles. The number of H-pyrrole nitrogens is 1. The van der Waals surface area contributed by atoms with Gasteiger partial charge in [-0.25, -0.2) is 4.79 Å². The van der Waals surface area contributed by atoms with Crippen molar-refractivity contribution in [3.63, 3.8) is 0 Å². The van der Waals surface area contributed by atoms with E-state index in [0.717, 1.165) is 16.5 Å². The number of fused-ring (bicyclic) bond motifs is 1. The van der Waals surface area contributed by atoms with Crippen LogP contribution in [0.5, 0.6) is 0 Å². The fourth-order valence-corrected chi connectivity index (χ4v) is 2.64. The lowest BCUT2D eigenvalue weighted by Gasteiger charge is -2.18. The first-order valence-electron chi connectivity index (χ1n) is 6.96. The molecule has 0 bridgehead atoms. The average molecular weight is 290 g/mol. The predicted molar refractivity (Wildman–Crippen MR) is 78.7 cm³/mol. The van der Waals surface area contributed by atoms with Gasteiger partial charge >= 0.3 is 12.0 Å². The smallest absolute Gasteiger partial charge is 0.382 e. The van der Waals surface area contributed by atoms with Crippen LogP contribution in [0.2, 0.25) is 0 Å². The number of nitrogens with one attached hydrogen (secondary N) is 1. The van der Waals surface area contributed by atoms with E-state index in [1.807, 2.05) is 31.2 Å². The average Bonchev–Trinajstić information content (AvgIpc) is 2.88. The van der Waals surface area contributed by atoms with Gasteiger partial charge in [0, 0.05) is 22.0 Å². The van der Waals surface area contributed by atoms with Crippen LogP contribution in [0.4, 0.5) is 0 Å². The van der Waals surface area contributed by atoms with Crippen molar-refractivity contribution in [1.82, 2.24) is 4.98 Å². The predicted octanol–water partition coefficient (Wildman–Crippen LogP) is 2.87. The number of ether oxygens (including phenoxy) is 1. The SMILES string of the molecule is CCOC(=O)C(C(CC)c1c[nH]c2ccccc12)[N+](=O)[O-]. The monoisotopic (exact) mass is 290 g/mol. The zero-order chi connectivity index (χ0) is 15.4. The first kappa shape index (κ1) is 15.0. The standard InChI is InChI=1S/C15H18N2O4/c1-3-10(14(17(19)20)15(18)21-4-2)12-9-16-13-8-6-5-7-11(12)13/h5-10,14,16H,3-4H2,1-2H3. The summed E-state index contributed by atoms with van der Waals surface area (Å²) in [6.07, 6.45) is 2.22. The molecule has 0 radical (unpaired) electrons. The van der Waals surface area contributed by atoms with Crippen LogP contribution >= 0.6 is 0 Å². The van der Waals surface area contributed by atoms with Crippen molar-refractivity contribution in [2.24, 2.45) is 0 Å². The second kappa shape index (κ2) is 6.39. The van der Waals surface area contributed by atoms with Crippen LogP contribution in [0.1, 0.15) is 31.7 Å². The van der Waals surface area contributed by atoms with Gasteiger partial charge in [0.2, 0.25) is 0 Å². The molecule has 0 saturated carbocycles. The molecule has 1 aromatic heterocycles. The molecule has 0 saturated heterocycles. The number of nitrogens with zero attached hydrogens (tertiary/aromatic N) is 1. The Morgan fingerprint density at radius 2 is 2.10 bits per heavy atom. The Morgan fingerprint density at radius 3 is 2.71 bits per heavy atom. The van der Waals surface area contributed by atoms with Gasteiger partial charge < -0.3 is 9.72 Å². The van der Waals surface area contributed by atoms with E-state index in [1.54, 1.807) is 13.1 Å². The molecule has 1 heterocycles. The van der Waals surface area contributed by atoms with Crippen molar-refractivity contribution in [2.45, 2.75) is 32.2 Å². The Kier molecular flexibility index (Phi) is 4.57. The highest BCUT2D eigenvalue weighted by Crippen LogP contribution is 2.32. The molecule has 1 N–H and O–H groups in total. The summed E-state index contributed by atoms with van der Waals surface area (Å²) >= 11 is 0. The van der Waals surface area contributed by atoms with Crippen molar-refractivity contribution >= 4 is 16.9 Å². The van der Waals surface area contributed by atoms with Crippen LogP contribution in [0.3, 0.4) is 0 Å². The van der Waals surface area contributed by atoms with E-state index in [2.05, 4.69) is 4.98 Å². The van der Waals surface area contributed by atoms with E-state index >= 15 is 0 Å². The summed E-state index contributed by atoms with van der Waals surface area (Å²) in [6, 6.07) is 6.18. The van der Waals surface area contributed by atoms with Gasteiger partial charge in [0.25, 0.3) is 0 Å². The van der Waals surface area contributed by atoms with E-state index in [1.165, 1.54) is 0 Å². The largest absolute Gasteiger partial charge is 0.461 e. The molecule has 2 unspecified atom stereocenters. The zero-order valence-corrected chi connectivity index (χ0v) is 12.0. The lowest BCUT2D eigenvalue weighted by atomic mass is 9.89. The summed E-state index contributed by atoms with van der Waals surface area (Å²) in [5, 5.41) is 12.2. The summed E-state index contributed by atoms with van der Waals surface area (Å²) in [4.78, 5) is 25.8. The van der Waals surface area contributed by atoms with Crippen LogP contribution in [0.15, 0.2) is 30.5 Å². The van der Waals surface area contributed by atoms with E-state index < -0.39 is 22.9 Å². The third-order valence-corrected chi connectivity index (χ3v) is 3.60. The minimum atomic E-state index is -1.38. The van der Waals surface area contributed by atoms with Crippen molar-refractivity contribution in [3.05, 3.63) is 46.1 Å². The molecule has 0 aliphatic rings. The highest BCUT2D eigenvalue weighted by atomic mass is 16.6. The van der Waals surface area contributed by atoms with Crippen molar-refractivity contribution in [1.29, 1.82) is 0 Å². The molecule has 2 atom stereocenters. The normalized spacial score (nSPS) is 13.8. The summed E-state index contributed by atoms with van der Waals surface area (Å²) < 4.78 is 4.87. The van der Waals surface area contributed by atoms with Crippen LogP contribution < -0.4 is 0 Å². The minimum Gasteiger partial charge on any atom is -0.461 e. The molecule has 0 aliphatic heterocycles.